The summed E-state index contributed by atoms with van der Waals surface area (Å²) in [7, 11) is 0. The zero-order valence-corrected chi connectivity index (χ0v) is 9.45. The lowest BCUT2D eigenvalue weighted by atomic mass is 9.90. The average molecular weight is 216 g/mol. The van der Waals surface area contributed by atoms with Crippen molar-refractivity contribution in [1.82, 2.24) is 5.32 Å². The molecule has 6 heteroatoms. The van der Waals surface area contributed by atoms with Gasteiger partial charge >= 0.3 is 6.96 Å². The fraction of sp³-hybridized carbons (Fsp3) is 1.00. The molecule has 0 unspecified atom stereocenters. The van der Waals surface area contributed by atoms with E-state index in [-0.39, 0.29) is 5.41 Å². The molecule has 0 radical (unpaired) electrons. The van der Waals surface area contributed by atoms with Gasteiger partial charge in [0, 0.05) is 44.9 Å². The molecule has 0 aromatic rings. The number of rotatable bonds is 0. The Morgan fingerprint density at radius 3 is 2.00 bits per heavy atom. The Labute approximate surface area is 90.4 Å². The first-order valence-electron chi connectivity index (χ1n) is 5.51. The number of hydrogen-bond acceptors (Lipinski definition) is 5. The lowest BCUT2D eigenvalue weighted by molar-refractivity contribution is -0.105. The first-order valence-corrected chi connectivity index (χ1v) is 5.51. The van der Waals surface area contributed by atoms with Crippen LogP contribution in [0.4, 0.5) is 0 Å². The van der Waals surface area contributed by atoms with Crippen molar-refractivity contribution in [1.29, 1.82) is 0 Å². The molecule has 0 aliphatic carbocycles. The van der Waals surface area contributed by atoms with Crippen LogP contribution in [-0.4, -0.2) is 46.5 Å². The van der Waals surface area contributed by atoms with Crippen LogP contribution in [0.1, 0.15) is 13.8 Å². The van der Waals surface area contributed by atoms with E-state index in [2.05, 4.69) is 19.2 Å². The van der Waals surface area contributed by atoms with Gasteiger partial charge in [-0.15, -0.1) is 0 Å². The third-order valence-corrected chi connectivity index (χ3v) is 2.56. The van der Waals surface area contributed by atoms with Gasteiger partial charge in [0.25, 0.3) is 0 Å². The summed E-state index contributed by atoms with van der Waals surface area (Å²) >= 11 is 0. The molecule has 1 spiro atoms. The highest BCUT2D eigenvalue weighted by molar-refractivity contribution is 6.53. The second kappa shape index (κ2) is 4.39. The molecule has 0 bridgehead atoms. The van der Waals surface area contributed by atoms with Crippen LogP contribution in [0.5, 0.6) is 0 Å². The molecule has 0 saturated carbocycles. The first-order chi connectivity index (χ1) is 7.12. The molecule has 2 saturated heterocycles. The van der Waals surface area contributed by atoms with Gasteiger partial charge in [-0.2, -0.15) is 0 Å². The molecule has 5 nitrogen and oxygen atoms in total. The van der Waals surface area contributed by atoms with Crippen molar-refractivity contribution in [3.05, 3.63) is 0 Å². The maximum atomic E-state index is 5.63. The van der Waals surface area contributed by atoms with Crippen molar-refractivity contribution < 1.29 is 18.6 Å². The standard InChI is InChI=1S/C9H19BNO4/c1-9(2)7-14-10(15-8-9)12-5-3-11-4-6-13-10/h11H,3-8H2,1-2H3/q-1. The second-order valence-corrected chi connectivity index (χ2v) is 4.86. The summed E-state index contributed by atoms with van der Waals surface area (Å²) < 4.78 is 22.3. The van der Waals surface area contributed by atoms with Crippen LogP contribution in [0.3, 0.4) is 0 Å². The molecule has 0 aromatic carbocycles. The van der Waals surface area contributed by atoms with Gasteiger partial charge in [0.15, 0.2) is 0 Å². The van der Waals surface area contributed by atoms with Gasteiger partial charge in [-0.25, -0.2) is 0 Å². The van der Waals surface area contributed by atoms with Crippen LogP contribution in [0.15, 0.2) is 0 Å². The van der Waals surface area contributed by atoms with Crippen molar-refractivity contribution in [2.45, 2.75) is 13.8 Å². The van der Waals surface area contributed by atoms with E-state index in [0.29, 0.717) is 26.4 Å². The van der Waals surface area contributed by atoms with Crippen LogP contribution < -0.4 is 5.32 Å². The molecule has 2 aliphatic heterocycles. The zero-order valence-electron chi connectivity index (χ0n) is 9.45. The van der Waals surface area contributed by atoms with Crippen LogP contribution in [0.2, 0.25) is 0 Å². The molecule has 0 amide bonds. The normalized spacial score (nSPS) is 30.8. The van der Waals surface area contributed by atoms with E-state index in [0.717, 1.165) is 13.1 Å². The summed E-state index contributed by atoms with van der Waals surface area (Å²) in [6.07, 6.45) is 0. The maximum Gasteiger partial charge on any atom is 0.531 e. The van der Waals surface area contributed by atoms with E-state index in [1.807, 2.05) is 0 Å². The summed E-state index contributed by atoms with van der Waals surface area (Å²) in [6.45, 7) is 6.21. The maximum absolute atomic E-state index is 5.63. The van der Waals surface area contributed by atoms with Crippen molar-refractivity contribution in [3.8, 4) is 0 Å². The lowest BCUT2D eigenvalue weighted by Crippen LogP contribution is -2.58. The van der Waals surface area contributed by atoms with E-state index in [1.54, 1.807) is 0 Å². The molecule has 2 aliphatic rings. The largest absolute Gasteiger partial charge is 0.531 e. The minimum Gasteiger partial charge on any atom is -0.518 e. The quantitative estimate of drug-likeness (QED) is 0.583. The molecular weight excluding hydrogens is 197 g/mol. The van der Waals surface area contributed by atoms with Crippen LogP contribution in [0.25, 0.3) is 0 Å². The Morgan fingerprint density at radius 1 is 0.933 bits per heavy atom. The molecule has 0 aromatic heterocycles. The Hall–Kier alpha value is -0.135. The number of nitrogens with one attached hydrogen (secondary N) is 1. The van der Waals surface area contributed by atoms with E-state index in [9.17, 15) is 0 Å². The van der Waals surface area contributed by atoms with Gasteiger partial charge in [0.2, 0.25) is 0 Å². The predicted molar refractivity (Wildman–Crippen MR) is 56.2 cm³/mol. The summed E-state index contributed by atoms with van der Waals surface area (Å²) in [4.78, 5) is 0. The predicted octanol–water partition coefficient (Wildman–Crippen LogP) is 0.131. The van der Waals surface area contributed by atoms with E-state index >= 15 is 0 Å². The highest BCUT2D eigenvalue weighted by Gasteiger charge is 2.40. The fourth-order valence-electron chi connectivity index (χ4n) is 1.66. The molecule has 2 rings (SSSR count). The lowest BCUT2D eigenvalue weighted by Gasteiger charge is -2.49. The molecular formula is C9H19BNO4-. The Kier molecular flexibility index (Phi) is 3.32. The SMILES string of the molecule is CC1(C)CO[B-]2(OCCNCCO2)OC1. The molecule has 15 heavy (non-hydrogen) atoms. The molecule has 2 heterocycles. The van der Waals surface area contributed by atoms with Gasteiger partial charge in [0.05, 0.1) is 0 Å². The summed E-state index contributed by atoms with van der Waals surface area (Å²) in [6, 6.07) is 0. The van der Waals surface area contributed by atoms with Crippen molar-refractivity contribution >= 4 is 6.96 Å². The molecule has 0 atom stereocenters. The summed E-state index contributed by atoms with van der Waals surface area (Å²) in [5.74, 6) is 0. The highest BCUT2D eigenvalue weighted by atomic mass is 16.9. The third kappa shape index (κ3) is 2.92. The van der Waals surface area contributed by atoms with E-state index in [1.165, 1.54) is 0 Å². The van der Waals surface area contributed by atoms with Crippen molar-refractivity contribution in [2.24, 2.45) is 5.41 Å². The average Bonchev–Trinajstić information content (AvgIpc) is 2.15. The van der Waals surface area contributed by atoms with Crippen LogP contribution >= 0.6 is 0 Å². The third-order valence-electron chi connectivity index (χ3n) is 2.56. The Bertz CT molecular complexity index is 204. The first kappa shape index (κ1) is 11.4. The summed E-state index contributed by atoms with van der Waals surface area (Å²) in [5.41, 5.74) is 0.0420. The monoisotopic (exact) mass is 216 g/mol. The van der Waals surface area contributed by atoms with E-state index < -0.39 is 6.96 Å². The molecule has 88 valence electrons. The van der Waals surface area contributed by atoms with Crippen molar-refractivity contribution in [2.75, 3.05) is 39.5 Å². The summed E-state index contributed by atoms with van der Waals surface area (Å²) in [5, 5.41) is 3.17. The second-order valence-electron chi connectivity index (χ2n) is 4.86. The minimum atomic E-state index is -1.94. The smallest absolute Gasteiger partial charge is 0.518 e. The highest BCUT2D eigenvalue weighted by Crippen LogP contribution is 2.28. The van der Waals surface area contributed by atoms with Gasteiger partial charge in [-0.05, 0) is 0 Å². The molecule has 1 N–H and O–H groups in total. The van der Waals surface area contributed by atoms with Crippen LogP contribution in [0, 0.1) is 5.41 Å². The van der Waals surface area contributed by atoms with Crippen LogP contribution in [-0.2, 0) is 18.6 Å². The topological polar surface area (TPSA) is 49.0 Å². The Morgan fingerprint density at radius 2 is 1.47 bits per heavy atom. The van der Waals surface area contributed by atoms with Gasteiger partial charge in [0.1, 0.15) is 0 Å². The zero-order chi connectivity index (χ0) is 10.8. The fourth-order valence-corrected chi connectivity index (χ4v) is 1.66. The van der Waals surface area contributed by atoms with Gasteiger partial charge in [-0.3, -0.25) is 0 Å². The Balaban J connectivity index is 1.93. The van der Waals surface area contributed by atoms with Gasteiger partial charge in [-0.1, -0.05) is 13.8 Å². The molecule has 2 fully saturated rings. The van der Waals surface area contributed by atoms with Gasteiger partial charge < -0.3 is 23.9 Å². The van der Waals surface area contributed by atoms with E-state index in [4.69, 9.17) is 18.6 Å². The number of hydrogen-bond donors (Lipinski definition) is 1. The van der Waals surface area contributed by atoms with Crippen molar-refractivity contribution in [3.63, 3.8) is 0 Å². The minimum absolute atomic E-state index is 0.0420.